The van der Waals surface area contributed by atoms with E-state index in [4.69, 9.17) is 5.73 Å². The average molecular weight is 256 g/mol. The standard InChI is InChI=1S/C14H12N2OS/c15-11-3-1-10(2-4-11)9-16-7-5-13-12(14(16)17)6-8-18-13/h1-8H,9,15H2. The molecule has 4 heteroatoms. The van der Waals surface area contributed by atoms with E-state index in [1.54, 1.807) is 15.9 Å². The van der Waals surface area contributed by atoms with Crippen molar-refractivity contribution in [3.63, 3.8) is 0 Å². The molecule has 3 aromatic rings. The van der Waals surface area contributed by atoms with Gasteiger partial charge < -0.3 is 10.3 Å². The van der Waals surface area contributed by atoms with E-state index in [9.17, 15) is 4.79 Å². The molecule has 2 aromatic heterocycles. The summed E-state index contributed by atoms with van der Waals surface area (Å²) >= 11 is 1.59. The topological polar surface area (TPSA) is 48.0 Å². The number of rotatable bonds is 2. The minimum Gasteiger partial charge on any atom is -0.399 e. The van der Waals surface area contributed by atoms with Crippen LogP contribution < -0.4 is 11.3 Å². The SMILES string of the molecule is Nc1ccc(Cn2ccc3sccc3c2=O)cc1. The van der Waals surface area contributed by atoms with E-state index in [-0.39, 0.29) is 5.56 Å². The number of hydrogen-bond donors (Lipinski definition) is 1. The first-order chi connectivity index (χ1) is 8.74. The van der Waals surface area contributed by atoms with Crippen molar-refractivity contribution in [2.75, 3.05) is 5.73 Å². The first-order valence-corrected chi connectivity index (χ1v) is 6.53. The van der Waals surface area contributed by atoms with Crippen LogP contribution in [0.3, 0.4) is 0 Å². The minimum atomic E-state index is 0.0607. The lowest BCUT2D eigenvalue weighted by molar-refractivity contribution is 0.769. The molecule has 0 bridgehead atoms. The van der Waals surface area contributed by atoms with Crippen LogP contribution in [0.25, 0.3) is 10.1 Å². The fourth-order valence-corrected chi connectivity index (χ4v) is 2.72. The number of thiophene rings is 1. The molecule has 3 rings (SSSR count). The van der Waals surface area contributed by atoms with Crippen LogP contribution in [0.1, 0.15) is 5.56 Å². The number of nitrogen functional groups attached to an aromatic ring is 1. The van der Waals surface area contributed by atoms with Crippen LogP contribution in [0.5, 0.6) is 0 Å². The van der Waals surface area contributed by atoms with Crippen LogP contribution in [0.4, 0.5) is 5.69 Å². The molecule has 0 saturated heterocycles. The number of fused-ring (bicyclic) bond motifs is 1. The van der Waals surface area contributed by atoms with Gasteiger partial charge in [-0.2, -0.15) is 0 Å². The Kier molecular flexibility index (Phi) is 2.64. The molecule has 0 aliphatic heterocycles. The van der Waals surface area contributed by atoms with Gasteiger partial charge in [-0.15, -0.1) is 11.3 Å². The van der Waals surface area contributed by atoms with Crippen molar-refractivity contribution in [1.29, 1.82) is 0 Å². The maximum Gasteiger partial charge on any atom is 0.259 e. The van der Waals surface area contributed by atoms with E-state index in [2.05, 4.69) is 0 Å². The Balaban J connectivity index is 2.02. The number of pyridine rings is 1. The van der Waals surface area contributed by atoms with E-state index in [0.29, 0.717) is 6.54 Å². The van der Waals surface area contributed by atoms with Crippen molar-refractivity contribution in [3.8, 4) is 0 Å². The third kappa shape index (κ3) is 1.91. The van der Waals surface area contributed by atoms with Gasteiger partial charge in [-0.1, -0.05) is 12.1 Å². The van der Waals surface area contributed by atoms with Crippen molar-refractivity contribution in [2.24, 2.45) is 0 Å². The average Bonchev–Trinajstić information content (AvgIpc) is 2.84. The first kappa shape index (κ1) is 11.0. The molecule has 3 nitrogen and oxygen atoms in total. The Labute approximate surface area is 108 Å². The number of nitrogens with two attached hydrogens (primary N) is 1. The van der Waals surface area contributed by atoms with Gasteiger partial charge in [0.2, 0.25) is 0 Å². The highest BCUT2D eigenvalue weighted by Crippen LogP contribution is 2.16. The van der Waals surface area contributed by atoms with Gasteiger partial charge in [-0.05, 0) is 35.2 Å². The van der Waals surface area contributed by atoms with E-state index in [1.165, 1.54) is 0 Å². The second-order valence-electron chi connectivity index (χ2n) is 4.19. The fourth-order valence-electron chi connectivity index (χ4n) is 1.95. The van der Waals surface area contributed by atoms with Crippen molar-refractivity contribution >= 4 is 27.1 Å². The van der Waals surface area contributed by atoms with Crippen molar-refractivity contribution in [3.05, 3.63) is 63.9 Å². The van der Waals surface area contributed by atoms with Gasteiger partial charge in [0.05, 0.1) is 11.9 Å². The molecule has 0 unspecified atom stereocenters. The zero-order valence-electron chi connectivity index (χ0n) is 9.67. The van der Waals surface area contributed by atoms with Crippen LogP contribution in [0.2, 0.25) is 0 Å². The van der Waals surface area contributed by atoms with Crippen LogP contribution in [0, 0.1) is 0 Å². The summed E-state index contributed by atoms with van der Waals surface area (Å²) in [6.45, 7) is 0.574. The molecule has 0 spiro atoms. The largest absolute Gasteiger partial charge is 0.399 e. The molecular formula is C14H12N2OS. The molecule has 18 heavy (non-hydrogen) atoms. The van der Waals surface area contributed by atoms with Gasteiger partial charge in [-0.3, -0.25) is 4.79 Å². The van der Waals surface area contributed by atoms with Crippen LogP contribution in [-0.4, -0.2) is 4.57 Å². The summed E-state index contributed by atoms with van der Waals surface area (Å²) in [5.41, 5.74) is 7.51. The molecule has 0 atom stereocenters. The Morgan fingerprint density at radius 2 is 1.89 bits per heavy atom. The van der Waals surface area contributed by atoms with Crippen LogP contribution in [0.15, 0.2) is 52.8 Å². The molecule has 90 valence electrons. The van der Waals surface area contributed by atoms with E-state index >= 15 is 0 Å². The number of anilines is 1. The third-order valence-corrected chi connectivity index (χ3v) is 3.81. The summed E-state index contributed by atoms with van der Waals surface area (Å²) < 4.78 is 2.76. The van der Waals surface area contributed by atoms with Crippen molar-refractivity contribution in [1.82, 2.24) is 4.57 Å². The lowest BCUT2D eigenvalue weighted by atomic mass is 10.2. The Hall–Kier alpha value is -2.07. The van der Waals surface area contributed by atoms with Gasteiger partial charge in [0.25, 0.3) is 5.56 Å². The molecule has 0 radical (unpaired) electrons. The number of benzene rings is 1. The fraction of sp³-hybridized carbons (Fsp3) is 0.0714. The molecule has 2 heterocycles. The number of nitrogens with zero attached hydrogens (tertiary/aromatic N) is 1. The highest BCUT2D eigenvalue weighted by atomic mass is 32.1. The smallest absolute Gasteiger partial charge is 0.259 e. The van der Waals surface area contributed by atoms with Gasteiger partial charge in [0.1, 0.15) is 0 Å². The van der Waals surface area contributed by atoms with Gasteiger partial charge in [0.15, 0.2) is 0 Å². The first-order valence-electron chi connectivity index (χ1n) is 5.65. The molecule has 0 saturated carbocycles. The minimum absolute atomic E-state index is 0.0607. The predicted octanol–water partition coefficient (Wildman–Crippen LogP) is 2.69. The van der Waals surface area contributed by atoms with Crippen LogP contribution in [-0.2, 0) is 6.54 Å². The highest BCUT2D eigenvalue weighted by molar-refractivity contribution is 7.17. The molecular weight excluding hydrogens is 244 g/mol. The second kappa shape index (κ2) is 4.31. The molecule has 0 fully saturated rings. The summed E-state index contributed by atoms with van der Waals surface area (Å²) in [4.78, 5) is 12.2. The second-order valence-corrected chi connectivity index (χ2v) is 5.14. The zero-order valence-corrected chi connectivity index (χ0v) is 10.5. The van der Waals surface area contributed by atoms with Gasteiger partial charge in [-0.25, -0.2) is 0 Å². The van der Waals surface area contributed by atoms with E-state index < -0.39 is 0 Å². The maximum absolute atomic E-state index is 12.2. The lowest BCUT2D eigenvalue weighted by Crippen LogP contribution is -2.19. The summed E-state index contributed by atoms with van der Waals surface area (Å²) in [6, 6.07) is 11.5. The predicted molar refractivity (Wildman–Crippen MR) is 76.0 cm³/mol. The van der Waals surface area contributed by atoms with Gasteiger partial charge >= 0.3 is 0 Å². The van der Waals surface area contributed by atoms with E-state index in [0.717, 1.165) is 21.3 Å². The summed E-state index contributed by atoms with van der Waals surface area (Å²) in [5.74, 6) is 0. The monoisotopic (exact) mass is 256 g/mol. The Morgan fingerprint density at radius 3 is 2.67 bits per heavy atom. The third-order valence-electron chi connectivity index (χ3n) is 2.92. The van der Waals surface area contributed by atoms with Gasteiger partial charge in [0, 0.05) is 16.6 Å². The molecule has 2 N–H and O–H groups in total. The van der Waals surface area contributed by atoms with Crippen molar-refractivity contribution < 1.29 is 0 Å². The number of aromatic nitrogens is 1. The Bertz CT molecular complexity index is 740. The Morgan fingerprint density at radius 1 is 1.11 bits per heavy atom. The maximum atomic E-state index is 12.2. The molecule has 0 aliphatic rings. The van der Waals surface area contributed by atoms with Crippen molar-refractivity contribution in [2.45, 2.75) is 6.54 Å². The normalized spacial score (nSPS) is 10.9. The zero-order chi connectivity index (χ0) is 12.5. The molecule has 1 aromatic carbocycles. The summed E-state index contributed by atoms with van der Waals surface area (Å²) in [7, 11) is 0. The number of hydrogen-bond acceptors (Lipinski definition) is 3. The lowest BCUT2D eigenvalue weighted by Gasteiger charge is -2.06. The van der Waals surface area contributed by atoms with Crippen LogP contribution >= 0.6 is 11.3 Å². The summed E-state index contributed by atoms with van der Waals surface area (Å²) in [6.07, 6.45) is 1.84. The summed E-state index contributed by atoms with van der Waals surface area (Å²) in [5, 5.41) is 2.73. The quantitative estimate of drug-likeness (QED) is 0.717. The highest BCUT2D eigenvalue weighted by Gasteiger charge is 2.04. The molecule has 0 aliphatic carbocycles. The molecule has 0 amide bonds. The van der Waals surface area contributed by atoms with E-state index in [1.807, 2.05) is 48.0 Å².